The summed E-state index contributed by atoms with van der Waals surface area (Å²) in [5.74, 6) is 0. The van der Waals surface area contributed by atoms with Crippen LogP contribution in [0.4, 0.5) is 5.69 Å². The molecule has 1 rings (SSSR count). The van der Waals surface area contributed by atoms with Crippen LogP contribution < -0.4 is 11.5 Å². The average molecular weight is 259 g/mol. The van der Waals surface area contributed by atoms with Gasteiger partial charge >= 0.3 is 0 Å². The summed E-state index contributed by atoms with van der Waals surface area (Å²) in [5.41, 5.74) is 16.0. The van der Waals surface area contributed by atoms with Crippen molar-refractivity contribution >= 4 is 11.9 Å². The molecule has 0 aliphatic rings. The van der Waals surface area contributed by atoms with E-state index < -0.39 is 0 Å². The van der Waals surface area contributed by atoms with E-state index in [0.717, 1.165) is 24.9 Å². The van der Waals surface area contributed by atoms with E-state index in [4.69, 9.17) is 11.5 Å². The Kier molecular flexibility index (Phi) is 6.90. The third-order valence-electron chi connectivity index (χ3n) is 3.07. The number of anilines is 1. The Bertz CT molecular complexity index is 447. The van der Waals surface area contributed by atoms with Crippen LogP contribution in [0.15, 0.2) is 34.8 Å². The molecule has 3 nitrogen and oxygen atoms in total. The minimum atomic E-state index is 0.661. The molecule has 0 amide bonds. The monoisotopic (exact) mass is 259 g/mol. The van der Waals surface area contributed by atoms with Gasteiger partial charge in [-0.15, -0.1) is 0 Å². The maximum absolute atomic E-state index is 5.83. The lowest BCUT2D eigenvalue weighted by Gasteiger charge is -2.07. The second kappa shape index (κ2) is 8.48. The van der Waals surface area contributed by atoms with Gasteiger partial charge in [-0.05, 0) is 55.1 Å². The Morgan fingerprint density at radius 3 is 2.74 bits per heavy atom. The molecule has 0 saturated heterocycles. The molecule has 0 heterocycles. The molecule has 0 bridgehead atoms. The summed E-state index contributed by atoms with van der Waals surface area (Å²) in [4.78, 5) is 4.51. The highest BCUT2D eigenvalue weighted by Gasteiger charge is 2.01. The summed E-state index contributed by atoms with van der Waals surface area (Å²) < 4.78 is 0. The molecule has 3 heteroatoms. The van der Waals surface area contributed by atoms with E-state index in [9.17, 15) is 0 Å². The van der Waals surface area contributed by atoms with Gasteiger partial charge < -0.3 is 11.5 Å². The van der Waals surface area contributed by atoms with Gasteiger partial charge in [0.25, 0.3) is 0 Å². The molecule has 0 saturated carbocycles. The van der Waals surface area contributed by atoms with E-state index >= 15 is 0 Å². The number of aryl methyl sites for hydroxylation is 1. The van der Waals surface area contributed by atoms with Crippen LogP contribution in [0, 0.1) is 0 Å². The molecular formula is C16H25N3. The molecule has 0 aliphatic carbocycles. The zero-order chi connectivity index (χ0) is 14.1. The standard InChI is InChI=1S/C16H25N3/c1-3-5-14-10-16(18)7-6-15(14)12-19-11-13(4-2)8-9-17/h4,6-7,10-11H,3,5,8-9,12,17-18H2,1-2H3/b13-4-,19-11-. The lowest BCUT2D eigenvalue weighted by Crippen LogP contribution is -2.01. The van der Waals surface area contributed by atoms with Crippen LogP contribution >= 0.6 is 0 Å². The summed E-state index contributed by atoms with van der Waals surface area (Å²) >= 11 is 0. The molecule has 0 atom stereocenters. The quantitative estimate of drug-likeness (QED) is 0.584. The Morgan fingerprint density at radius 1 is 1.32 bits per heavy atom. The average Bonchev–Trinajstić information content (AvgIpc) is 2.40. The molecule has 4 N–H and O–H groups in total. The van der Waals surface area contributed by atoms with Gasteiger partial charge in [-0.2, -0.15) is 0 Å². The van der Waals surface area contributed by atoms with E-state index in [1.54, 1.807) is 0 Å². The molecule has 1 aromatic carbocycles. The van der Waals surface area contributed by atoms with E-state index in [2.05, 4.69) is 30.1 Å². The zero-order valence-electron chi connectivity index (χ0n) is 12.0. The van der Waals surface area contributed by atoms with Crippen LogP contribution in [0.2, 0.25) is 0 Å². The summed E-state index contributed by atoms with van der Waals surface area (Å²) in [6, 6.07) is 6.08. The Labute approximate surface area is 116 Å². The third-order valence-corrected chi connectivity index (χ3v) is 3.07. The van der Waals surface area contributed by atoms with Crippen molar-refractivity contribution < 1.29 is 0 Å². The maximum Gasteiger partial charge on any atom is 0.0642 e. The first-order valence-electron chi connectivity index (χ1n) is 6.93. The van der Waals surface area contributed by atoms with Gasteiger partial charge in [0.2, 0.25) is 0 Å². The topological polar surface area (TPSA) is 64.4 Å². The number of hydrogen-bond donors (Lipinski definition) is 2. The molecule has 1 aromatic rings. The van der Waals surface area contributed by atoms with E-state index in [-0.39, 0.29) is 0 Å². The van der Waals surface area contributed by atoms with Crippen molar-refractivity contribution in [2.75, 3.05) is 12.3 Å². The highest BCUT2D eigenvalue weighted by Crippen LogP contribution is 2.16. The molecule has 104 valence electrons. The summed E-state index contributed by atoms with van der Waals surface area (Å²) in [6.45, 7) is 5.56. The smallest absolute Gasteiger partial charge is 0.0642 e. The van der Waals surface area contributed by atoms with E-state index in [1.165, 1.54) is 16.7 Å². The minimum absolute atomic E-state index is 0.661. The molecule has 0 aliphatic heterocycles. The molecule has 0 spiro atoms. The molecule has 0 aromatic heterocycles. The van der Waals surface area contributed by atoms with Gasteiger partial charge in [0.15, 0.2) is 0 Å². The predicted molar refractivity (Wildman–Crippen MR) is 84.5 cm³/mol. The number of aliphatic imine (C=N–C) groups is 1. The fourth-order valence-corrected chi connectivity index (χ4v) is 2.01. The van der Waals surface area contributed by atoms with Gasteiger partial charge in [-0.1, -0.05) is 25.5 Å². The van der Waals surface area contributed by atoms with E-state index in [0.29, 0.717) is 13.1 Å². The van der Waals surface area contributed by atoms with Crippen LogP contribution in [0.3, 0.4) is 0 Å². The van der Waals surface area contributed by atoms with Crippen molar-refractivity contribution in [1.29, 1.82) is 0 Å². The molecule has 19 heavy (non-hydrogen) atoms. The van der Waals surface area contributed by atoms with Crippen molar-refractivity contribution in [2.24, 2.45) is 10.7 Å². The lowest BCUT2D eigenvalue weighted by molar-refractivity contribution is 0.894. The normalized spacial score (nSPS) is 12.3. The van der Waals surface area contributed by atoms with Crippen LogP contribution in [-0.4, -0.2) is 12.8 Å². The summed E-state index contributed by atoms with van der Waals surface area (Å²) in [7, 11) is 0. The fourth-order valence-electron chi connectivity index (χ4n) is 2.01. The maximum atomic E-state index is 5.83. The highest BCUT2D eigenvalue weighted by atomic mass is 14.7. The first-order valence-corrected chi connectivity index (χ1v) is 6.93. The van der Waals surface area contributed by atoms with Crippen LogP contribution in [-0.2, 0) is 13.0 Å². The summed E-state index contributed by atoms with van der Waals surface area (Å²) in [6.07, 6.45) is 7.04. The second-order valence-electron chi connectivity index (χ2n) is 4.65. The summed E-state index contributed by atoms with van der Waals surface area (Å²) in [5, 5.41) is 0. The van der Waals surface area contributed by atoms with Gasteiger partial charge in [0, 0.05) is 11.9 Å². The van der Waals surface area contributed by atoms with Gasteiger partial charge in [-0.3, -0.25) is 4.99 Å². The van der Waals surface area contributed by atoms with Crippen LogP contribution in [0.1, 0.15) is 37.8 Å². The fraction of sp³-hybridized carbons (Fsp3) is 0.438. The van der Waals surface area contributed by atoms with Crippen molar-refractivity contribution in [3.63, 3.8) is 0 Å². The molecular weight excluding hydrogens is 234 g/mol. The van der Waals surface area contributed by atoms with Crippen LogP contribution in [0.25, 0.3) is 0 Å². The molecule has 0 radical (unpaired) electrons. The molecule has 0 unspecified atom stereocenters. The first kappa shape index (κ1) is 15.4. The van der Waals surface area contributed by atoms with Crippen molar-refractivity contribution in [3.05, 3.63) is 41.0 Å². The number of hydrogen-bond acceptors (Lipinski definition) is 3. The van der Waals surface area contributed by atoms with Gasteiger partial charge in [0.1, 0.15) is 0 Å². The highest BCUT2D eigenvalue weighted by molar-refractivity contribution is 5.78. The Hall–Kier alpha value is -1.61. The molecule has 0 fully saturated rings. The minimum Gasteiger partial charge on any atom is -0.399 e. The van der Waals surface area contributed by atoms with E-state index in [1.807, 2.05) is 19.2 Å². The van der Waals surface area contributed by atoms with Gasteiger partial charge in [0.05, 0.1) is 6.54 Å². The number of nitrogens with two attached hydrogens (primary N) is 2. The zero-order valence-corrected chi connectivity index (χ0v) is 12.0. The Morgan fingerprint density at radius 2 is 2.11 bits per heavy atom. The van der Waals surface area contributed by atoms with Crippen LogP contribution in [0.5, 0.6) is 0 Å². The number of rotatable bonds is 7. The van der Waals surface area contributed by atoms with Gasteiger partial charge in [-0.25, -0.2) is 0 Å². The lowest BCUT2D eigenvalue weighted by atomic mass is 10.0. The third kappa shape index (κ3) is 5.26. The van der Waals surface area contributed by atoms with Crippen molar-refractivity contribution in [2.45, 2.75) is 39.7 Å². The number of nitrogens with zero attached hydrogens (tertiary/aromatic N) is 1. The first-order chi connectivity index (χ1) is 9.21. The van der Waals surface area contributed by atoms with Crippen molar-refractivity contribution in [3.8, 4) is 0 Å². The largest absolute Gasteiger partial charge is 0.399 e. The number of nitrogen functional groups attached to an aromatic ring is 1. The number of allylic oxidation sites excluding steroid dienone is 1. The number of benzene rings is 1. The predicted octanol–water partition coefficient (Wildman–Crippen LogP) is 3.09. The van der Waals surface area contributed by atoms with Crippen molar-refractivity contribution in [1.82, 2.24) is 0 Å². The SMILES string of the molecule is C/C=C(\C=N/Cc1ccc(N)cc1CCC)CCN. The Balaban J connectivity index is 2.74. The second-order valence-corrected chi connectivity index (χ2v) is 4.65.